The summed E-state index contributed by atoms with van der Waals surface area (Å²) in [6, 6.07) is 9.83. The molecule has 0 radical (unpaired) electrons. The van der Waals surface area contributed by atoms with E-state index in [-0.39, 0.29) is 5.91 Å². The molecule has 0 aliphatic rings. The number of nitrogens with zero attached hydrogens (tertiary/aromatic N) is 2. The number of anilines is 1. The monoisotopic (exact) mass is 282 g/mol. The third-order valence-electron chi connectivity index (χ3n) is 2.94. The number of rotatable bonds is 3. The SMILES string of the molecule is O=C(Nc1ccc(-c2cnc[nH]2)cc1)c1ccc(F)nc1. The number of nitrogens with one attached hydrogen (secondary N) is 2. The zero-order valence-electron chi connectivity index (χ0n) is 10.9. The van der Waals surface area contributed by atoms with Crippen molar-refractivity contribution in [3.63, 3.8) is 0 Å². The van der Waals surface area contributed by atoms with Gasteiger partial charge < -0.3 is 10.3 Å². The number of carbonyl (C=O) groups excluding carboxylic acids is 1. The predicted molar refractivity (Wildman–Crippen MR) is 76.2 cm³/mol. The number of benzene rings is 1. The van der Waals surface area contributed by atoms with Gasteiger partial charge in [-0.25, -0.2) is 9.97 Å². The highest BCUT2D eigenvalue weighted by molar-refractivity contribution is 6.04. The van der Waals surface area contributed by atoms with Crippen molar-refractivity contribution in [3.8, 4) is 11.3 Å². The molecule has 0 saturated carbocycles. The molecule has 2 N–H and O–H groups in total. The fourth-order valence-corrected chi connectivity index (χ4v) is 1.86. The Kier molecular flexibility index (Phi) is 3.42. The number of aromatic amines is 1. The average Bonchev–Trinajstić information content (AvgIpc) is 3.03. The van der Waals surface area contributed by atoms with Crippen LogP contribution in [0.5, 0.6) is 0 Å². The lowest BCUT2D eigenvalue weighted by Gasteiger charge is -2.06. The molecule has 0 atom stereocenters. The first kappa shape index (κ1) is 13.0. The summed E-state index contributed by atoms with van der Waals surface area (Å²) in [5.41, 5.74) is 2.81. The molecule has 0 aliphatic carbocycles. The standard InChI is InChI=1S/C15H11FN4O/c16-14-6-3-11(7-18-14)15(21)20-12-4-1-10(2-5-12)13-8-17-9-19-13/h1-9H,(H,17,19)(H,20,21). The van der Waals surface area contributed by atoms with Crippen molar-refractivity contribution >= 4 is 11.6 Å². The van der Waals surface area contributed by atoms with E-state index in [0.29, 0.717) is 11.3 Å². The van der Waals surface area contributed by atoms with Gasteiger partial charge in [0.15, 0.2) is 0 Å². The highest BCUT2D eigenvalue weighted by Crippen LogP contribution is 2.19. The number of carbonyl (C=O) groups is 1. The van der Waals surface area contributed by atoms with E-state index < -0.39 is 5.95 Å². The number of pyridine rings is 1. The topological polar surface area (TPSA) is 70.7 Å². The predicted octanol–water partition coefficient (Wildman–Crippen LogP) is 2.86. The minimum absolute atomic E-state index is 0.300. The molecule has 0 spiro atoms. The second-order valence-corrected chi connectivity index (χ2v) is 4.37. The smallest absolute Gasteiger partial charge is 0.257 e. The third-order valence-corrected chi connectivity index (χ3v) is 2.94. The summed E-state index contributed by atoms with van der Waals surface area (Å²) in [7, 11) is 0. The van der Waals surface area contributed by atoms with Gasteiger partial charge in [-0.05, 0) is 29.8 Å². The van der Waals surface area contributed by atoms with E-state index in [9.17, 15) is 9.18 Å². The van der Waals surface area contributed by atoms with Gasteiger partial charge in [-0.3, -0.25) is 4.79 Å². The number of amides is 1. The molecule has 0 bridgehead atoms. The van der Waals surface area contributed by atoms with Gasteiger partial charge in [0.25, 0.3) is 5.91 Å². The summed E-state index contributed by atoms with van der Waals surface area (Å²) in [4.78, 5) is 22.4. The Bertz CT molecular complexity index is 736. The van der Waals surface area contributed by atoms with E-state index in [0.717, 1.165) is 17.3 Å². The second kappa shape index (κ2) is 5.54. The van der Waals surface area contributed by atoms with Gasteiger partial charge in [-0.1, -0.05) is 12.1 Å². The van der Waals surface area contributed by atoms with Gasteiger partial charge in [-0.15, -0.1) is 0 Å². The van der Waals surface area contributed by atoms with E-state index in [1.165, 1.54) is 12.3 Å². The summed E-state index contributed by atoms with van der Waals surface area (Å²) < 4.78 is 12.7. The van der Waals surface area contributed by atoms with Gasteiger partial charge >= 0.3 is 0 Å². The zero-order valence-corrected chi connectivity index (χ0v) is 10.9. The van der Waals surface area contributed by atoms with Gasteiger partial charge in [0.1, 0.15) is 0 Å². The Morgan fingerprint density at radius 3 is 2.52 bits per heavy atom. The van der Waals surface area contributed by atoms with Gasteiger partial charge in [0.05, 0.1) is 23.8 Å². The lowest BCUT2D eigenvalue weighted by molar-refractivity contribution is 0.102. The first-order chi connectivity index (χ1) is 10.2. The van der Waals surface area contributed by atoms with E-state index in [2.05, 4.69) is 20.3 Å². The minimum atomic E-state index is -0.615. The molecule has 2 heterocycles. The Balaban J connectivity index is 1.73. The Morgan fingerprint density at radius 2 is 1.90 bits per heavy atom. The first-order valence-corrected chi connectivity index (χ1v) is 6.24. The van der Waals surface area contributed by atoms with Crippen LogP contribution in [0.2, 0.25) is 0 Å². The molecule has 3 rings (SSSR count). The van der Waals surface area contributed by atoms with Gasteiger partial charge in [0, 0.05) is 11.9 Å². The maximum Gasteiger partial charge on any atom is 0.257 e. The number of imidazole rings is 1. The number of hydrogen-bond acceptors (Lipinski definition) is 3. The molecule has 104 valence electrons. The molecule has 3 aromatic rings. The number of H-pyrrole nitrogens is 1. The Labute approximate surface area is 119 Å². The van der Waals surface area contributed by atoms with Crippen LogP contribution in [0, 0.1) is 5.95 Å². The van der Waals surface area contributed by atoms with E-state index in [4.69, 9.17) is 0 Å². The summed E-state index contributed by atoms with van der Waals surface area (Å²) in [5.74, 6) is -0.952. The number of halogens is 1. The maximum absolute atomic E-state index is 12.7. The van der Waals surface area contributed by atoms with Gasteiger partial charge in [-0.2, -0.15) is 4.39 Å². The zero-order chi connectivity index (χ0) is 14.7. The molecule has 0 aliphatic heterocycles. The van der Waals surface area contributed by atoms with Crippen LogP contribution in [-0.2, 0) is 0 Å². The normalized spacial score (nSPS) is 10.3. The second-order valence-electron chi connectivity index (χ2n) is 4.37. The van der Waals surface area contributed by atoms with E-state index in [1.807, 2.05) is 12.1 Å². The fraction of sp³-hybridized carbons (Fsp3) is 0. The molecule has 1 aromatic carbocycles. The van der Waals surface area contributed by atoms with Crippen molar-refractivity contribution in [1.82, 2.24) is 15.0 Å². The maximum atomic E-state index is 12.7. The molecule has 6 heteroatoms. The first-order valence-electron chi connectivity index (χ1n) is 6.24. The van der Waals surface area contributed by atoms with Crippen LogP contribution in [-0.4, -0.2) is 20.9 Å². The van der Waals surface area contributed by atoms with Crippen LogP contribution in [0.1, 0.15) is 10.4 Å². The summed E-state index contributed by atoms with van der Waals surface area (Å²) in [6.07, 6.45) is 4.52. The largest absolute Gasteiger partial charge is 0.345 e. The van der Waals surface area contributed by atoms with Gasteiger partial charge in [0.2, 0.25) is 5.95 Å². The van der Waals surface area contributed by atoms with Crippen LogP contribution in [0.25, 0.3) is 11.3 Å². The van der Waals surface area contributed by atoms with Crippen molar-refractivity contribution in [2.24, 2.45) is 0 Å². The van der Waals surface area contributed by atoms with Crippen molar-refractivity contribution in [1.29, 1.82) is 0 Å². The highest BCUT2D eigenvalue weighted by Gasteiger charge is 2.07. The Morgan fingerprint density at radius 1 is 1.10 bits per heavy atom. The molecule has 0 unspecified atom stereocenters. The van der Waals surface area contributed by atoms with Crippen LogP contribution in [0.3, 0.4) is 0 Å². The Hall–Kier alpha value is -3.02. The lowest BCUT2D eigenvalue weighted by atomic mass is 10.1. The molecular weight excluding hydrogens is 271 g/mol. The van der Waals surface area contributed by atoms with Crippen LogP contribution >= 0.6 is 0 Å². The van der Waals surface area contributed by atoms with Crippen LogP contribution in [0.4, 0.5) is 10.1 Å². The van der Waals surface area contributed by atoms with Crippen LogP contribution in [0.15, 0.2) is 55.1 Å². The number of aromatic nitrogens is 3. The minimum Gasteiger partial charge on any atom is -0.345 e. The fourth-order valence-electron chi connectivity index (χ4n) is 1.86. The molecular formula is C15H11FN4O. The quantitative estimate of drug-likeness (QED) is 0.726. The van der Waals surface area contributed by atoms with E-state index in [1.54, 1.807) is 24.7 Å². The van der Waals surface area contributed by atoms with Crippen LogP contribution < -0.4 is 5.32 Å². The molecule has 21 heavy (non-hydrogen) atoms. The van der Waals surface area contributed by atoms with Crippen molar-refractivity contribution in [3.05, 3.63) is 66.6 Å². The van der Waals surface area contributed by atoms with Crippen molar-refractivity contribution in [2.75, 3.05) is 5.32 Å². The number of hydrogen-bond donors (Lipinski definition) is 2. The molecule has 1 amide bonds. The summed E-state index contributed by atoms with van der Waals surface area (Å²) in [6.45, 7) is 0. The average molecular weight is 282 g/mol. The molecule has 0 saturated heterocycles. The van der Waals surface area contributed by atoms with Crippen molar-refractivity contribution < 1.29 is 9.18 Å². The summed E-state index contributed by atoms with van der Waals surface area (Å²) in [5, 5.41) is 2.72. The molecule has 5 nitrogen and oxygen atoms in total. The molecule has 2 aromatic heterocycles. The highest BCUT2D eigenvalue weighted by atomic mass is 19.1. The molecule has 0 fully saturated rings. The lowest BCUT2D eigenvalue weighted by Crippen LogP contribution is -2.12. The van der Waals surface area contributed by atoms with E-state index >= 15 is 0 Å². The van der Waals surface area contributed by atoms with Crippen molar-refractivity contribution in [2.45, 2.75) is 0 Å². The summed E-state index contributed by atoms with van der Waals surface area (Å²) >= 11 is 0. The third kappa shape index (κ3) is 2.94.